The van der Waals surface area contributed by atoms with E-state index < -0.39 is 5.82 Å². The van der Waals surface area contributed by atoms with Crippen molar-refractivity contribution >= 4 is 0 Å². The van der Waals surface area contributed by atoms with Crippen LogP contribution in [-0.2, 0) is 0 Å². The zero-order valence-electron chi connectivity index (χ0n) is 11.5. The van der Waals surface area contributed by atoms with Gasteiger partial charge in [0.1, 0.15) is 11.6 Å². The highest BCUT2D eigenvalue weighted by Crippen LogP contribution is 2.20. The molecule has 0 aliphatic carbocycles. The quantitative estimate of drug-likeness (QED) is 0.721. The summed E-state index contributed by atoms with van der Waals surface area (Å²) in [5.74, 6) is -0.0202. The van der Waals surface area contributed by atoms with Crippen LogP contribution < -0.4 is 5.56 Å². The highest BCUT2D eigenvalue weighted by molar-refractivity contribution is 5.58. The molecule has 21 heavy (non-hydrogen) atoms. The zero-order chi connectivity index (χ0) is 14.8. The van der Waals surface area contributed by atoms with Gasteiger partial charge in [-0.25, -0.2) is 9.37 Å². The highest BCUT2D eigenvalue weighted by Gasteiger charge is 2.13. The van der Waals surface area contributed by atoms with E-state index in [2.05, 4.69) is 4.98 Å². The van der Waals surface area contributed by atoms with E-state index in [1.807, 2.05) is 30.3 Å². The second-order valence-corrected chi connectivity index (χ2v) is 4.71. The molecular weight excluding hydrogens is 267 g/mol. The molecular formula is C17H13FN2O. The molecule has 0 saturated heterocycles. The summed E-state index contributed by atoms with van der Waals surface area (Å²) in [6.07, 6.45) is 0. The maximum Gasteiger partial charge on any atom is 0.258 e. The average Bonchev–Trinajstić information content (AvgIpc) is 2.49. The normalized spacial score (nSPS) is 10.6. The first-order chi connectivity index (χ1) is 10.2. The van der Waals surface area contributed by atoms with Crippen molar-refractivity contribution in [3.63, 3.8) is 0 Å². The lowest BCUT2D eigenvalue weighted by atomic mass is 10.2. The van der Waals surface area contributed by atoms with E-state index in [1.165, 1.54) is 16.7 Å². The fourth-order valence-corrected chi connectivity index (χ4v) is 2.24. The van der Waals surface area contributed by atoms with Gasteiger partial charge in [0.15, 0.2) is 0 Å². The molecule has 0 radical (unpaired) electrons. The van der Waals surface area contributed by atoms with Gasteiger partial charge >= 0.3 is 0 Å². The number of para-hydroxylation sites is 1. The molecule has 0 unspecified atom stereocenters. The van der Waals surface area contributed by atoms with E-state index in [-0.39, 0.29) is 11.2 Å². The van der Waals surface area contributed by atoms with Crippen molar-refractivity contribution < 1.29 is 4.39 Å². The van der Waals surface area contributed by atoms with Gasteiger partial charge in [-0.3, -0.25) is 9.36 Å². The van der Waals surface area contributed by atoms with Crippen LogP contribution in [0.2, 0.25) is 0 Å². The number of aryl methyl sites for hydroxylation is 1. The van der Waals surface area contributed by atoms with Gasteiger partial charge < -0.3 is 0 Å². The summed E-state index contributed by atoms with van der Waals surface area (Å²) in [4.78, 5) is 16.8. The number of hydrogen-bond donors (Lipinski definition) is 0. The van der Waals surface area contributed by atoms with Crippen LogP contribution in [0.25, 0.3) is 17.1 Å². The molecule has 0 N–H and O–H groups in total. The Balaban J connectivity index is 2.36. The van der Waals surface area contributed by atoms with E-state index in [9.17, 15) is 9.18 Å². The lowest BCUT2D eigenvalue weighted by molar-refractivity contribution is 0.615. The third-order valence-electron chi connectivity index (χ3n) is 3.17. The number of rotatable bonds is 2. The monoisotopic (exact) mass is 280 g/mol. The molecule has 0 aliphatic rings. The molecule has 1 aromatic heterocycles. The predicted octanol–water partition coefficient (Wildman–Crippen LogP) is 3.35. The third kappa shape index (κ3) is 2.48. The van der Waals surface area contributed by atoms with Crippen molar-refractivity contribution in [1.82, 2.24) is 9.55 Å². The van der Waals surface area contributed by atoms with Crippen LogP contribution in [0.15, 0.2) is 65.5 Å². The van der Waals surface area contributed by atoms with Gasteiger partial charge in [-0.2, -0.15) is 0 Å². The summed E-state index contributed by atoms with van der Waals surface area (Å²) in [5.41, 5.74) is 1.27. The summed E-state index contributed by atoms with van der Waals surface area (Å²) in [7, 11) is 0. The lowest BCUT2D eigenvalue weighted by Gasteiger charge is -2.13. The molecule has 4 heteroatoms. The minimum Gasteiger partial charge on any atom is -0.269 e. The summed E-state index contributed by atoms with van der Waals surface area (Å²) >= 11 is 0. The number of hydrogen-bond acceptors (Lipinski definition) is 2. The van der Waals surface area contributed by atoms with Gasteiger partial charge in [-0.05, 0) is 19.1 Å². The molecule has 0 saturated carbocycles. The molecule has 1 heterocycles. The van der Waals surface area contributed by atoms with Crippen molar-refractivity contribution in [2.75, 3.05) is 0 Å². The molecule has 3 nitrogen and oxygen atoms in total. The molecule has 0 aliphatic heterocycles. The van der Waals surface area contributed by atoms with E-state index in [0.717, 1.165) is 5.56 Å². The molecule has 0 amide bonds. The zero-order valence-corrected chi connectivity index (χ0v) is 11.5. The fraction of sp³-hybridized carbons (Fsp3) is 0.0588. The Bertz CT molecular complexity index is 841. The van der Waals surface area contributed by atoms with Gasteiger partial charge in [0, 0.05) is 17.3 Å². The molecule has 3 aromatic rings. The fourth-order valence-electron chi connectivity index (χ4n) is 2.24. The average molecular weight is 280 g/mol. The molecule has 0 fully saturated rings. The van der Waals surface area contributed by atoms with Crippen molar-refractivity contribution in [3.8, 4) is 17.1 Å². The number of halogens is 1. The van der Waals surface area contributed by atoms with Crippen LogP contribution in [0, 0.1) is 12.7 Å². The predicted molar refractivity (Wildman–Crippen MR) is 80.0 cm³/mol. The Kier molecular flexibility index (Phi) is 3.36. The van der Waals surface area contributed by atoms with Crippen LogP contribution in [0.1, 0.15) is 5.69 Å². The smallest absolute Gasteiger partial charge is 0.258 e. The van der Waals surface area contributed by atoms with E-state index in [4.69, 9.17) is 0 Å². The number of nitrogens with zero attached hydrogens (tertiary/aromatic N) is 2. The largest absolute Gasteiger partial charge is 0.269 e. The SMILES string of the molecule is Cc1cc(=O)n(-c2ccccc2F)c(-c2ccccc2)n1. The van der Waals surface area contributed by atoms with E-state index >= 15 is 0 Å². The van der Waals surface area contributed by atoms with E-state index in [1.54, 1.807) is 25.1 Å². The van der Waals surface area contributed by atoms with Crippen molar-refractivity contribution in [3.05, 3.63) is 82.5 Å². The first kappa shape index (κ1) is 13.2. The van der Waals surface area contributed by atoms with Crippen LogP contribution >= 0.6 is 0 Å². The third-order valence-corrected chi connectivity index (χ3v) is 3.17. The maximum absolute atomic E-state index is 14.1. The molecule has 3 rings (SSSR count). The van der Waals surface area contributed by atoms with E-state index in [0.29, 0.717) is 11.5 Å². The van der Waals surface area contributed by atoms with Gasteiger partial charge in [-0.1, -0.05) is 42.5 Å². The number of benzene rings is 2. The highest BCUT2D eigenvalue weighted by atomic mass is 19.1. The first-order valence-electron chi connectivity index (χ1n) is 6.58. The Labute approximate surface area is 121 Å². The van der Waals surface area contributed by atoms with Crippen molar-refractivity contribution in [1.29, 1.82) is 0 Å². The van der Waals surface area contributed by atoms with Gasteiger partial charge in [0.05, 0.1) is 5.69 Å². The Morgan fingerprint density at radius 1 is 1.00 bits per heavy atom. The molecule has 0 bridgehead atoms. The van der Waals surface area contributed by atoms with Crippen LogP contribution in [-0.4, -0.2) is 9.55 Å². The Morgan fingerprint density at radius 3 is 2.38 bits per heavy atom. The van der Waals surface area contributed by atoms with Crippen LogP contribution in [0.3, 0.4) is 0 Å². The Hall–Kier alpha value is -2.75. The molecule has 2 aromatic carbocycles. The van der Waals surface area contributed by atoms with Gasteiger partial charge in [-0.15, -0.1) is 0 Å². The van der Waals surface area contributed by atoms with Gasteiger partial charge in [0.25, 0.3) is 5.56 Å². The van der Waals surface area contributed by atoms with Crippen molar-refractivity contribution in [2.45, 2.75) is 6.92 Å². The summed E-state index contributed by atoms with van der Waals surface area (Å²) in [5, 5.41) is 0. The second kappa shape index (κ2) is 5.32. The molecule has 104 valence electrons. The van der Waals surface area contributed by atoms with Crippen LogP contribution in [0.5, 0.6) is 0 Å². The molecule has 0 atom stereocenters. The minimum atomic E-state index is -0.456. The second-order valence-electron chi connectivity index (χ2n) is 4.71. The lowest BCUT2D eigenvalue weighted by Crippen LogP contribution is -2.22. The minimum absolute atomic E-state index is 0.203. The van der Waals surface area contributed by atoms with Crippen LogP contribution in [0.4, 0.5) is 4.39 Å². The summed E-state index contributed by atoms with van der Waals surface area (Å²) < 4.78 is 15.4. The number of aromatic nitrogens is 2. The summed E-state index contributed by atoms with van der Waals surface area (Å²) in [6, 6.07) is 16.9. The summed E-state index contributed by atoms with van der Waals surface area (Å²) in [6.45, 7) is 1.75. The Morgan fingerprint density at radius 2 is 1.67 bits per heavy atom. The van der Waals surface area contributed by atoms with Crippen molar-refractivity contribution in [2.24, 2.45) is 0 Å². The standard InChI is InChI=1S/C17H13FN2O/c1-12-11-16(21)20(15-10-6-5-9-14(15)18)17(19-12)13-7-3-2-4-8-13/h2-11H,1H3. The first-order valence-corrected chi connectivity index (χ1v) is 6.58. The maximum atomic E-state index is 14.1. The van der Waals surface area contributed by atoms with Gasteiger partial charge in [0.2, 0.25) is 0 Å². The molecule has 0 spiro atoms. The topological polar surface area (TPSA) is 34.9 Å².